The van der Waals surface area contributed by atoms with Gasteiger partial charge in [-0.05, 0) is 61.3 Å². The molecule has 0 bridgehead atoms. The van der Waals surface area contributed by atoms with E-state index in [4.69, 9.17) is 5.11 Å². The van der Waals surface area contributed by atoms with Crippen LogP contribution in [0.25, 0.3) is 0 Å². The summed E-state index contributed by atoms with van der Waals surface area (Å²) < 4.78 is 13.3. The van der Waals surface area contributed by atoms with Gasteiger partial charge >= 0.3 is 6.03 Å². The summed E-state index contributed by atoms with van der Waals surface area (Å²) in [6, 6.07) is 4.56. The summed E-state index contributed by atoms with van der Waals surface area (Å²) in [6.45, 7) is 2.82. The van der Waals surface area contributed by atoms with E-state index in [0.29, 0.717) is 18.9 Å². The Morgan fingerprint density at radius 3 is 3.00 bits per heavy atom. The molecule has 0 fully saturated rings. The molecule has 0 aliphatic heterocycles. The molecule has 2 unspecified atom stereocenters. The first-order chi connectivity index (χ1) is 11.1. The zero-order valence-corrected chi connectivity index (χ0v) is 13.8. The topological polar surface area (TPSA) is 61.4 Å². The van der Waals surface area contributed by atoms with Crippen LogP contribution in [0.15, 0.2) is 18.2 Å². The van der Waals surface area contributed by atoms with Crippen molar-refractivity contribution in [3.63, 3.8) is 0 Å². The molecule has 0 heterocycles. The number of fused-ring (bicyclic) bond motifs is 1. The fourth-order valence-electron chi connectivity index (χ4n) is 3.32. The van der Waals surface area contributed by atoms with Crippen molar-refractivity contribution in [1.29, 1.82) is 0 Å². The van der Waals surface area contributed by atoms with E-state index in [1.54, 1.807) is 12.1 Å². The Kier molecular flexibility index (Phi) is 6.84. The van der Waals surface area contributed by atoms with Crippen molar-refractivity contribution in [3.05, 3.63) is 35.1 Å². The third-order valence-corrected chi connectivity index (χ3v) is 4.51. The number of halogens is 1. The number of amides is 2. The zero-order valence-electron chi connectivity index (χ0n) is 13.8. The quantitative estimate of drug-likeness (QED) is 0.721. The molecule has 128 valence electrons. The molecular weight excluding hydrogens is 295 g/mol. The Bertz CT molecular complexity index is 516. The first-order valence-electron chi connectivity index (χ1n) is 8.57. The van der Waals surface area contributed by atoms with Gasteiger partial charge in [-0.25, -0.2) is 9.18 Å². The van der Waals surface area contributed by atoms with Gasteiger partial charge in [-0.2, -0.15) is 0 Å². The smallest absolute Gasteiger partial charge is 0.315 e. The number of carbonyl (C=O) groups is 1. The Morgan fingerprint density at radius 2 is 2.26 bits per heavy atom. The van der Waals surface area contributed by atoms with Gasteiger partial charge in [0.25, 0.3) is 0 Å². The Labute approximate surface area is 137 Å². The van der Waals surface area contributed by atoms with E-state index in [9.17, 15) is 9.18 Å². The molecule has 2 atom stereocenters. The van der Waals surface area contributed by atoms with Crippen molar-refractivity contribution in [2.75, 3.05) is 13.2 Å². The lowest BCUT2D eigenvalue weighted by Crippen LogP contribution is -2.41. The van der Waals surface area contributed by atoms with Crippen molar-refractivity contribution in [2.24, 2.45) is 5.92 Å². The van der Waals surface area contributed by atoms with Crippen molar-refractivity contribution in [2.45, 2.75) is 51.5 Å². The monoisotopic (exact) mass is 322 g/mol. The molecule has 0 radical (unpaired) electrons. The largest absolute Gasteiger partial charge is 0.396 e. The lowest BCUT2D eigenvalue weighted by Gasteiger charge is -2.27. The summed E-state index contributed by atoms with van der Waals surface area (Å²) in [5, 5.41) is 15.0. The SMILES string of the molecule is CCCC(CCO)CNC(=O)NC1CCCc2cc(F)ccc21. The fourth-order valence-corrected chi connectivity index (χ4v) is 3.32. The molecule has 1 aliphatic carbocycles. The molecule has 1 aliphatic rings. The van der Waals surface area contributed by atoms with Gasteiger partial charge in [-0.1, -0.05) is 19.4 Å². The second kappa shape index (κ2) is 8.87. The van der Waals surface area contributed by atoms with E-state index < -0.39 is 0 Å². The number of urea groups is 1. The van der Waals surface area contributed by atoms with Gasteiger partial charge in [-0.15, -0.1) is 0 Å². The van der Waals surface area contributed by atoms with Crippen molar-refractivity contribution in [3.8, 4) is 0 Å². The number of nitrogens with one attached hydrogen (secondary N) is 2. The summed E-state index contributed by atoms with van der Waals surface area (Å²) in [7, 11) is 0. The number of benzene rings is 1. The number of carbonyl (C=O) groups excluding carboxylic acids is 1. The highest BCUT2D eigenvalue weighted by Crippen LogP contribution is 2.30. The van der Waals surface area contributed by atoms with Crippen molar-refractivity contribution < 1.29 is 14.3 Å². The van der Waals surface area contributed by atoms with Crippen LogP contribution in [-0.4, -0.2) is 24.3 Å². The first kappa shape index (κ1) is 17.7. The minimum Gasteiger partial charge on any atom is -0.396 e. The number of hydrogen-bond donors (Lipinski definition) is 3. The van der Waals surface area contributed by atoms with Crippen LogP contribution in [0.3, 0.4) is 0 Å². The Hall–Kier alpha value is -1.62. The van der Waals surface area contributed by atoms with Crippen LogP contribution < -0.4 is 10.6 Å². The second-order valence-corrected chi connectivity index (χ2v) is 6.31. The first-order valence-corrected chi connectivity index (χ1v) is 8.57. The molecular formula is C18H27FN2O2. The molecule has 2 rings (SSSR count). The second-order valence-electron chi connectivity index (χ2n) is 6.31. The highest BCUT2D eigenvalue weighted by atomic mass is 19.1. The third-order valence-electron chi connectivity index (χ3n) is 4.51. The molecule has 0 aromatic heterocycles. The molecule has 0 spiro atoms. The van der Waals surface area contributed by atoms with Gasteiger partial charge in [0.1, 0.15) is 5.82 Å². The zero-order chi connectivity index (χ0) is 16.7. The van der Waals surface area contributed by atoms with Gasteiger partial charge in [0.15, 0.2) is 0 Å². The lowest BCUT2D eigenvalue weighted by molar-refractivity contribution is 0.225. The van der Waals surface area contributed by atoms with Crippen LogP contribution in [0.4, 0.5) is 9.18 Å². The molecule has 0 saturated carbocycles. The van der Waals surface area contributed by atoms with Gasteiger partial charge in [0.05, 0.1) is 6.04 Å². The minimum atomic E-state index is -0.222. The predicted octanol–water partition coefficient (Wildman–Crippen LogP) is 3.30. The summed E-state index contributed by atoms with van der Waals surface area (Å²) in [4.78, 5) is 12.1. The van der Waals surface area contributed by atoms with E-state index >= 15 is 0 Å². The maximum atomic E-state index is 13.3. The summed E-state index contributed by atoms with van der Waals surface area (Å²) in [5.41, 5.74) is 2.01. The predicted molar refractivity (Wildman–Crippen MR) is 88.7 cm³/mol. The lowest BCUT2D eigenvalue weighted by atomic mass is 9.87. The van der Waals surface area contributed by atoms with Gasteiger partial charge < -0.3 is 15.7 Å². The number of aliphatic hydroxyl groups is 1. The van der Waals surface area contributed by atoms with Crippen molar-refractivity contribution in [1.82, 2.24) is 10.6 Å². The highest BCUT2D eigenvalue weighted by Gasteiger charge is 2.22. The van der Waals surface area contributed by atoms with Gasteiger partial charge in [0.2, 0.25) is 0 Å². The molecule has 1 aromatic carbocycles. The van der Waals surface area contributed by atoms with Crippen LogP contribution in [-0.2, 0) is 6.42 Å². The maximum Gasteiger partial charge on any atom is 0.315 e. The molecule has 3 N–H and O–H groups in total. The third kappa shape index (κ3) is 5.20. The molecule has 2 amide bonds. The van der Waals surface area contributed by atoms with Crippen LogP contribution in [0.5, 0.6) is 0 Å². The normalized spacial score (nSPS) is 18.1. The van der Waals surface area contributed by atoms with Crippen LogP contribution in [0.1, 0.15) is 56.2 Å². The highest BCUT2D eigenvalue weighted by molar-refractivity contribution is 5.74. The van der Waals surface area contributed by atoms with Crippen LogP contribution in [0.2, 0.25) is 0 Å². The minimum absolute atomic E-state index is 0.0539. The maximum absolute atomic E-state index is 13.3. The molecule has 5 heteroatoms. The molecule has 0 saturated heterocycles. The van der Waals surface area contributed by atoms with E-state index in [-0.39, 0.29) is 24.5 Å². The molecule has 4 nitrogen and oxygen atoms in total. The van der Waals surface area contributed by atoms with Gasteiger partial charge in [0, 0.05) is 13.2 Å². The van der Waals surface area contributed by atoms with Crippen molar-refractivity contribution >= 4 is 6.03 Å². The number of aliphatic hydroxyl groups excluding tert-OH is 1. The standard InChI is InChI=1S/C18H27FN2O2/c1-2-4-13(9-10-22)12-20-18(23)21-17-6-3-5-14-11-15(19)7-8-16(14)17/h7-8,11,13,17,22H,2-6,9-10,12H2,1H3,(H2,20,21,23). The average molecular weight is 322 g/mol. The number of rotatable bonds is 7. The summed E-state index contributed by atoms with van der Waals surface area (Å²) >= 11 is 0. The van der Waals surface area contributed by atoms with E-state index in [1.807, 2.05) is 0 Å². The van der Waals surface area contributed by atoms with Crippen LogP contribution in [0, 0.1) is 11.7 Å². The Balaban J connectivity index is 1.89. The van der Waals surface area contributed by atoms with Crippen LogP contribution >= 0.6 is 0 Å². The average Bonchev–Trinajstić information content (AvgIpc) is 2.53. The fraction of sp³-hybridized carbons (Fsp3) is 0.611. The number of hydrogen-bond acceptors (Lipinski definition) is 2. The van der Waals surface area contributed by atoms with E-state index in [1.165, 1.54) is 6.07 Å². The van der Waals surface area contributed by atoms with E-state index in [2.05, 4.69) is 17.6 Å². The number of aryl methyl sites for hydroxylation is 1. The molecule has 23 heavy (non-hydrogen) atoms. The molecule has 1 aromatic rings. The summed E-state index contributed by atoms with van der Waals surface area (Å²) in [5.74, 6) is 0.0868. The summed E-state index contributed by atoms with van der Waals surface area (Å²) in [6.07, 6.45) is 5.43. The van der Waals surface area contributed by atoms with Gasteiger partial charge in [-0.3, -0.25) is 0 Å². The Morgan fingerprint density at radius 1 is 1.43 bits per heavy atom. The van der Waals surface area contributed by atoms with E-state index in [0.717, 1.165) is 43.2 Å².